The van der Waals surface area contributed by atoms with E-state index in [0.717, 1.165) is 59.2 Å². The molecule has 2 bridgehead atoms. The monoisotopic (exact) mass is 590 g/mol. The molecule has 0 aromatic heterocycles. The van der Waals surface area contributed by atoms with Crippen LogP contribution in [0.3, 0.4) is 0 Å². The Hall–Kier alpha value is -1.30. The van der Waals surface area contributed by atoms with Gasteiger partial charge < -0.3 is 0 Å². The predicted molar refractivity (Wildman–Crippen MR) is 185 cm³/mol. The summed E-state index contributed by atoms with van der Waals surface area (Å²) < 4.78 is 0. The van der Waals surface area contributed by atoms with E-state index in [1.165, 1.54) is 103 Å². The van der Waals surface area contributed by atoms with Crippen LogP contribution in [0.1, 0.15) is 144 Å². The van der Waals surface area contributed by atoms with Crippen molar-refractivity contribution in [2.75, 3.05) is 0 Å². The fourth-order valence-corrected chi connectivity index (χ4v) is 14.8. The van der Waals surface area contributed by atoms with Crippen LogP contribution in [0.2, 0.25) is 0 Å². The van der Waals surface area contributed by atoms with Gasteiger partial charge in [0.15, 0.2) is 0 Å². The van der Waals surface area contributed by atoms with Gasteiger partial charge in [0.2, 0.25) is 0 Å². The molecule has 0 aromatic rings. The molecule has 0 spiro atoms. The molecule has 9 rings (SSSR count). The molecule has 0 amide bonds. The molecule has 0 saturated heterocycles. The lowest BCUT2D eigenvalue weighted by Crippen LogP contribution is -2.50. The lowest BCUT2D eigenvalue weighted by atomic mass is 9.44. The number of hydrogen-bond acceptors (Lipinski definition) is 0. The lowest BCUT2D eigenvalue weighted by Gasteiger charge is -2.61. The van der Waals surface area contributed by atoms with Gasteiger partial charge in [0.25, 0.3) is 0 Å². The fraction of sp³-hybridized carbons (Fsp3) is 0.773. The lowest BCUT2D eigenvalue weighted by molar-refractivity contribution is 0.183. The van der Waals surface area contributed by atoms with Crippen molar-refractivity contribution in [1.82, 2.24) is 0 Å². The van der Waals surface area contributed by atoms with Crippen LogP contribution in [-0.4, -0.2) is 0 Å². The molecule has 9 aliphatic carbocycles. The molecule has 9 aliphatic rings. The standard InChI is InChI=1S/C44H62/c1-23-19-22-35(38-25(3)12-8-15-30(23)38)41-33-17-9-14-29-13-7-11-24(2)36-27(5)37-26(4)20-21-32-31-16-10-18-34(41)42(31)44(40(29)33)39(28(36)6)43(32)37/h23-27,29,31-32,35,39,41,44H,7-22H2,1-6H3. The third kappa shape index (κ3) is 3.87. The maximum absolute atomic E-state index is 2.67. The third-order valence-electron chi connectivity index (χ3n) is 16.2. The topological polar surface area (TPSA) is 0 Å². The Labute approximate surface area is 270 Å². The highest BCUT2D eigenvalue weighted by molar-refractivity contribution is 5.57. The van der Waals surface area contributed by atoms with Crippen molar-refractivity contribution in [2.24, 2.45) is 71.0 Å². The van der Waals surface area contributed by atoms with Crippen LogP contribution in [-0.2, 0) is 0 Å². The van der Waals surface area contributed by atoms with Crippen molar-refractivity contribution in [2.45, 2.75) is 144 Å². The Morgan fingerprint density at radius 1 is 0.386 bits per heavy atom. The highest BCUT2D eigenvalue weighted by atomic mass is 14.6. The van der Waals surface area contributed by atoms with Crippen molar-refractivity contribution in [3.05, 3.63) is 55.7 Å². The summed E-state index contributed by atoms with van der Waals surface area (Å²) in [6.07, 6.45) is 23.3. The first-order valence-electron chi connectivity index (χ1n) is 20.0. The molecule has 44 heavy (non-hydrogen) atoms. The minimum absolute atomic E-state index is 0.691. The van der Waals surface area contributed by atoms with E-state index in [1.54, 1.807) is 0 Å². The molecular weight excluding hydrogens is 528 g/mol. The maximum atomic E-state index is 2.67. The zero-order valence-electron chi connectivity index (χ0n) is 29.2. The molecule has 1 saturated carbocycles. The number of fused-ring (bicyclic) bond motifs is 1. The van der Waals surface area contributed by atoms with Crippen LogP contribution in [0.25, 0.3) is 0 Å². The molecule has 0 radical (unpaired) electrons. The van der Waals surface area contributed by atoms with Gasteiger partial charge in [-0.1, -0.05) is 96.8 Å². The maximum Gasteiger partial charge on any atom is 0.0122 e. The molecule has 1 fully saturated rings. The summed E-state index contributed by atoms with van der Waals surface area (Å²) in [6, 6.07) is 0. The van der Waals surface area contributed by atoms with Gasteiger partial charge in [0.05, 0.1) is 0 Å². The molecule has 0 N–H and O–H groups in total. The third-order valence-corrected chi connectivity index (χ3v) is 16.2. The first kappa shape index (κ1) is 28.9. The van der Waals surface area contributed by atoms with Crippen molar-refractivity contribution in [3.63, 3.8) is 0 Å². The van der Waals surface area contributed by atoms with Crippen molar-refractivity contribution in [3.8, 4) is 0 Å². The van der Waals surface area contributed by atoms with E-state index in [1.807, 2.05) is 33.4 Å². The van der Waals surface area contributed by atoms with Gasteiger partial charge in [0, 0.05) is 17.8 Å². The first-order valence-corrected chi connectivity index (χ1v) is 20.0. The Morgan fingerprint density at radius 3 is 1.82 bits per heavy atom. The summed E-state index contributed by atoms with van der Waals surface area (Å²) >= 11 is 0. The second-order valence-electron chi connectivity index (χ2n) is 18.0. The second kappa shape index (κ2) is 10.6. The minimum atomic E-state index is 0.691. The predicted octanol–water partition coefficient (Wildman–Crippen LogP) is 12.3. The molecule has 0 heterocycles. The van der Waals surface area contributed by atoms with Gasteiger partial charge >= 0.3 is 0 Å². The van der Waals surface area contributed by atoms with Crippen LogP contribution >= 0.6 is 0 Å². The Kier molecular flexibility index (Phi) is 6.96. The molecule has 0 aliphatic heterocycles. The highest BCUT2D eigenvalue weighted by Crippen LogP contribution is 2.69. The van der Waals surface area contributed by atoms with Gasteiger partial charge in [-0.2, -0.15) is 0 Å². The van der Waals surface area contributed by atoms with Gasteiger partial charge in [-0.15, -0.1) is 0 Å². The number of rotatable bonds is 1. The molecule has 12 atom stereocenters. The zero-order valence-corrected chi connectivity index (χ0v) is 29.2. The molecule has 0 aromatic carbocycles. The molecule has 0 nitrogen and oxygen atoms in total. The van der Waals surface area contributed by atoms with E-state index in [-0.39, 0.29) is 0 Å². The van der Waals surface area contributed by atoms with E-state index in [0.29, 0.717) is 11.8 Å². The van der Waals surface area contributed by atoms with Crippen LogP contribution in [0.5, 0.6) is 0 Å². The Balaban J connectivity index is 1.32. The minimum Gasteiger partial charge on any atom is -0.0676 e. The number of hydrogen-bond donors (Lipinski definition) is 0. The van der Waals surface area contributed by atoms with Crippen LogP contribution < -0.4 is 0 Å². The molecule has 12 unspecified atom stereocenters. The van der Waals surface area contributed by atoms with E-state index >= 15 is 0 Å². The fourth-order valence-electron chi connectivity index (χ4n) is 14.8. The quantitative estimate of drug-likeness (QED) is 0.266. The van der Waals surface area contributed by atoms with E-state index in [4.69, 9.17) is 0 Å². The summed E-state index contributed by atoms with van der Waals surface area (Å²) in [7, 11) is 0. The average molecular weight is 591 g/mol. The number of allylic oxidation sites excluding steroid dienone is 10. The van der Waals surface area contributed by atoms with Crippen molar-refractivity contribution >= 4 is 0 Å². The summed E-state index contributed by atoms with van der Waals surface area (Å²) in [6.45, 7) is 15.8. The van der Waals surface area contributed by atoms with E-state index < -0.39 is 0 Å². The second-order valence-corrected chi connectivity index (χ2v) is 18.0. The molecular formula is C44H62. The normalized spacial score (nSPS) is 46.8. The van der Waals surface area contributed by atoms with Crippen LogP contribution in [0.15, 0.2) is 55.7 Å². The van der Waals surface area contributed by atoms with Gasteiger partial charge in [-0.25, -0.2) is 0 Å². The average Bonchev–Trinajstić information content (AvgIpc) is 3.01. The van der Waals surface area contributed by atoms with E-state index in [9.17, 15) is 0 Å². The summed E-state index contributed by atoms with van der Waals surface area (Å²) in [4.78, 5) is 0. The Bertz CT molecular complexity index is 1380. The largest absolute Gasteiger partial charge is 0.0676 e. The van der Waals surface area contributed by atoms with Gasteiger partial charge in [-0.3, -0.25) is 0 Å². The zero-order chi connectivity index (χ0) is 30.0. The first-order chi connectivity index (χ1) is 21.4. The summed E-state index contributed by atoms with van der Waals surface area (Å²) in [5, 5.41) is 0. The molecule has 0 heteroatoms. The molecule has 238 valence electrons. The van der Waals surface area contributed by atoms with Gasteiger partial charge in [-0.05, 0) is 156 Å². The van der Waals surface area contributed by atoms with Crippen molar-refractivity contribution < 1.29 is 0 Å². The summed E-state index contributed by atoms with van der Waals surface area (Å²) in [5.41, 5.74) is 20.0. The SMILES string of the molecule is CC1=C2C(C)CCCC3CCCC4=C3C3C5=C(CCCC5C5CCC(C)C(=C5C13)C2C)C4C1CCC(C)C2=C1C(C)CCC2. The van der Waals surface area contributed by atoms with Crippen LogP contribution in [0.4, 0.5) is 0 Å². The van der Waals surface area contributed by atoms with Gasteiger partial charge in [0.1, 0.15) is 0 Å². The van der Waals surface area contributed by atoms with E-state index in [2.05, 4.69) is 63.8 Å². The van der Waals surface area contributed by atoms with Crippen molar-refractivity contribution in [1.29, 1.82) is 0 Å². The van der Waals surface area contributed by atoms with Crippen LogP contribution in [0, 0.1) is 71.0 Å². The highest BCUT2D eigenvalue weighted by Gasteiger charge is 2.57. The summed E-state index contributed by atoms with van der Waals surface area (Å²) in [5.74, 6) is 9.54. The smallest absolute Gasteiger partial charge is 0.0122 e. The Morgan fingerprint density at radius 2 is 0.977 bits per heavy atom.